The molecule has 8 nitrogen and oxygen atoms in total. The number of anilines is 2. The van der Waals surface area contributed by atoms with Crippen molar-refractivity contribution in [1.29, 1.82) is 0 Å². The SMILES string of the molecule is CCCC(=O)Nc1nc2ccc(N/C(=C/C(=O)OC)C(=O)OC)cc2s1. The second-order valence-corrected chi connectivity index (χ2v) is 6.23. The topological polar surface area (TPSA) is 107 Å². The quantitative estimate of drug-likeness (QED) is 0.564. The number of hydrogen-bond donors (Lipinski definition) is 2. The Morgan fingerprint density at radius 2 is 1.96 bits per heavy atom. The molecule has 138 valence electrons. The van der Waals surface area contributed by atoms with E-state index in [-0.39, 0.29) is 11.6 Å². The van der Waals surface area contributed by atoms with Crippen LogP contribution in [0.25, 0.3) is 10.2 Å². The molecule has 0 spiro atoms. The zero-order valence-electron chi connectivity index (χ0n) is 14.6. The number of carbonyl (C=O) groups is 3. The smallest absolute Gasteiger partial charge is 0.354 e. The first-order chi connectivity index (χ1) is 12.5. The van der Waals surface area contributed by atoms with Crippen LogP contribution in [0, 0.1) is 0 Å². The Morgan fingerprint density at radius 1 is 1.19 bits per heavy atom. The fourth-order valence-electron chi connectivity index (χ4n) is 2.05. The van der Waals surface area contributed by atoms with Crippen LogP contribution in [0.5, 0.6) is 0 Å². The van der Waals surface area contributed by atoms with Gasteiger partial charge in [0.15, 0.2) is 5.13 Å². The summed E-state index contributed by atoms with van der Waals surface area (Å²) in [5, 5.41) is 6.10. The molecule has 1 heterocycles. The molecule has 1 aromatic heterocycles. The van der Waals surface area contributed by atoms with Crippen LogP contribution < -0.4 is 10.6 Å². The summed E-state index contributed by atoms with van der Waals surface area (Å²) in [5.41, 5.74) is 1.22. The lowest BCUT2D eigenvalue weighted by Gasteiger charge is -2.08. The molecule has 1 amide bonds. The largest absolute Gasteiger partial charge is 0.466 e. The van der Waals surface area contributed by atoms with Gasteiger partial charge >= 0.3 is 11.9 Å². The molecule has 1 aromatic carbocycles. The number of nitrogens with one attached hydrogen (secondary N) is 2. The van der Waals surface area contributed by atoms with Gasteiger partial charge in [0.25, 0.3) is 0 Å². The van der Waals surface area contributed by atoms with E-state index in [4.69, 9.17) is 0 Å². The van der Waals surface area contributed by atoms with E-state index in [0.29, 0.717) is 22.8 Å². The highest BCUT2D eigenvalue weighted by Gasteiger charge is 2.14. The van der Waals surface area contributed by atoms with Crippen LogP contribution in [0.3, 0.4) is 0 Å². The normalized spacial score (nSPS) is 11.1. The lowest BCUT2D eigenvalue weighted by molar-refractivity contribution is -0.138. The van der Waals surface area contributed by atoms with Crippen LogP contribution in [0.4, 0.5) is 10.8 Å². The molecule has 2 rings (SSSR count). The summed E-state index contributed by atoms with van der Waals surface area (Å²) < 4.78 is 10.00. The van der Waals surface area contributed by atoms with Gasteiger partial charge in [-0.2, -0.15) is 0 Å². The van der Waals surface area contributed by atoms with E-state index in [1.165, 1.54) is 25.6 Å². The van der Waals surface area contributed by atoms with Gasteiger partial charge in [-0.25, -0.2) is 14.6 Å². The molecule has 0 aliphatic heterocycles. The number of fused-ring (bicyclic) bond motifs is 1. The van der Waals surface area contributed by atoms with E-state index in [2.05, 4.69) is 25.1 Å². The Bertz CT molecular complexity index is 859. The van der Waals surface area contributed by atoms with E-state index in [1.54, 1.807) is 18.2 Å². The number of methoxy groups -OCH3 is 2. The lowest BCUT2D eigenvalue weighted by atomic mass is 10.2. The van der Waals surface area contributed by atoms with Crippen molar-refractivity contribution in [3.63, 3.8) is 0 Å². The second-order valence-electron chi connectivity index (χ2n) is 5.20. The number of thiazole rings is 1. The van der Waals surface area contributed by atoms with Crippen molar-refractivity contribution in [3.05, 3.63) is 30.0 Å². The van der Waals surface area contributed by atoms with Crippen LogP contribution in [0.2, 0.25) is 0 Å². The predicted octanol–water partition coefficient (Wildman–Crippen LogP) is 2.68. The highest BCUT2D eigenvalue weighted by atomic mass is 32.1. The average molecular weight is 377 g/mol. The summed E-state index contributed by atoms with van der Waals surface area (Å²) in [7, 11) is 2.43. The van der Waals surface area contributed by atoms with Crippen LogP contribution in [-0.4, -0.2) is 37.0 Å². The molecule has 2 aromatic rings. The maximum absolute atomic E-state index is 11.8. The Labute approximate surface area is 154 Å². The minimum absolute atomic E-state index is 0.0558. The third kappa shape index (κ3) is 5.03. The molecule has 0 bridgehead atoms. The maximum Gasteiger partial charge on any atom is 0.354 e. The predicted molar refractivity (Wildman–Crippen MR) is 98.9 cm³/mol. The zero-order valence-corrected chi connectivity index (χ0v) is 15.4. The molecular weight excluding hydrogens is 358 g/mol. The number of carbonyl (C=O) groups excluding carboxylic acids is 3. The molecule has 0 aliphatic rings. The summed E-state index contributed by atoms with van der Waals surface area (Å²) in [4.78, 5) is 39.2. The third-order valence-electron chi connectivity index (χ3n) is 3.26. The van der Waals surface area contributed by atoms with Gasteiger partial charge in [-0.05, 0) is 24.6 Å². The molecule has 9 heteroatoms. The maximum atomic E-state index is 11.8. The van der Waals surface area contributed by atoms with Crippen molar-refractivity contribution < 1.29 is 23.9 Å². The number of rotatable bonds is 7. The third-order valence-corrected chi connectivity index (χ3v) is 4.19. The molecule has 0 radical (unpaired) electrons. The van der Waals surface area contributed by atoms with Crippen molar-refractivity contribution in [2.75, 3.05) is 24.9 Å². The molecule has 0 unspecified atom stereocenters. The average Bonchev–Trinajstić information content (AvgIpc) is 3.01. The molecule has 0 aliphatic carbocycles. The fraction of sp³-hybridized carbons (Fsp3) is 0.294. The molecule has 26 heavy (non-hydrogen) atoms. The standard InChI is InChI=1S/C17H19N3O5S/c1-4-5-14(21)20-17-19-11-7-6-10(8-13(11)26-17)18-12(16(23)25-3)9-15(22)24-2/h6-9,18H,4-5H2,1-3H3,(H,19,20,21)/b12-9+. The number of nitrogens with zero attached hydrogens (tertiary/aromatic N) is 1. The molecule has 0 fully saturated rings. The van der Waals surface area contributed by atoms with Gasteiger partial charge in [-0.15, -0.1) is 0 Å². The van der Waals surface area contributed by atoms with Gasteiger partial charge < -0.3 is 20.1 Å². The molecule has 0 atom stereocenters. The molecule has 0 saturated heterocycles. The number of esters is 2. The molecule has 2 N–H and O–H groups in total. The summed E-state index contributed by atoms with van der Waals surface area (Å²) in [6.45, 7) is 1.93. The highest BCUT2D eigenvalue weighted by Crippen LogP contribution is 2.29. The van der Waals surface area contributed by atoms with Gasteiger partial charge in [0, 0.05) is 12.1 Å². The first-order valence-corrected chi connectivity index (χ1v) is 8.64. The summed E-state index contributed by atoms with van der Waals surface area (Å²) >= 11 is 1.31. The Hall–Kier alpha value is -2.94. The Morgan fingerprint density at radius 3 is 2.62 bits per heavy atom. The van der Waals surface area contributed by atoms with Gasteiger partial charge in [0.1, 0.15) is 5.70 Å². The minimum Gasteiger partial charge on any atom is -0.466 e. The van der Waals surface area contributed by atoms with Crippen molar-refractivity contribution in [1.82, 2.24) is 4.98 Å². The van der Waals surface area contributed by atoms with Gasteiger partial charge in [-0.3, -0.25) is 4.79 Å². The second kappa shape index (κ2) is 8.95. The fourth-order valence-corrected chi connectivity index (χ4v) is 2.97. The highest BCUT2D eigenvalue weighted by molar-refractivity contribution is 7.22. The first kappa shape index (κ1) is 19.4. The van der Waals surface area contributed by atoms with E-state index >= 15 is 0 Å². The minimum atomic E-state index is -0.702. The lowest BCUT2D eigenvalue weighted by Crippen LogP contribution is -2.15. The van der Waals surface area contributed by atoms with E-state index < -0.39 is 11.9 Å². The summed E-state index contributed by atoms with van der Waals surface area (Å²) in [5.74, 6) is -1.47. The van der Waals surface area contributed by atoms with Crippen LogP contribution in [-0.2, 0) is 23.9 Å². The molecule has 0 saturated carbocycles. The number of aromatic nitrogens is 1. The van der Waals surface area contributed by atoms with E-state index in [1.807, 2.05) is 6.92 Å². The van der Waals surface area contributed by atoms with E-state index in [0.717, 1.165) is 17.2 Å². The van der Waals surface area contributed by atoms with Crippen molar-refractivity contribution in [3.8, 4) is 0 Å². The van der Waals surface area contributed by atoms with Gasteiger partial charge in [0.2, 0.25) is 5.91 Å². The number of amides is 1. The monoisotopic (exact) mass is 377 g/mol. The van der Waals surface area contributed by atoms with Gasteiger partial charge in [0.05, 0.1) is 30.5 Å². The number of hydrogen-bond acceptors (Lipinski definition) is 8. The zero-order chi connectivity index (χ0) is 19.1. The van der Waals surface area contributed by atoms with Crippen LogP contribution >= 0.6 is 11.3 Å². The number of benzene rings is 1. The summed E-state index contributed by atoms with van der Waals surface area (Å²) in [6, 6.07) is 5.21. The van der Waals surface area contributed by atoms with Gasteiger partial charge in [-0.1, -0.05) is 18.3 Å². The van der Waals surface area contributed by atoms with Crippen LogP contribution in [0.15, 0.2) is 30.0 Å². The van der Waals surface area contributed by atoms with Crippen molar-refractivity contribution >= 4 is 50.2 Å². The van der Waals surface area contributed by atoms with Crippen LogP contribution in [0.1, 0.15) is 19.8 Å². The molecular formula is C17H19N3O5S. The first-order valence-electron chi connectivity index (χ1n) is 7.82. The number of ether oxygens (including phenoxy) is 2. The Balaban J connectivity index is 2.24. The van der Waals surface area contributed by atoms with Crippen molar-refractivity contribution in [2.24, 2.45) is 0 Å². The van der Waals surface area contributed by atoms with E-state index in [9.17, 15) is 14.4 Å². The summed E-state index contributed by atoms with van der Waals surface area (Å²) in [6.07, 6.45) is 2.20. The Kier molecular flexibility index (Phi) is 6.67. The van der Waals surface area contributed by atoms with Crippen molar-refractivity contribution in [2.45, 2.75) is 19.8 Å².